The van der Waals surface area contributed by atoms with Gasteiger partial charge in [-0.15, -0.1) is 21.5 Å². The Morgan fingerprint density at radius 2 is 2.12 bits per heavy atom. The van der Waals surface area contributed by atoms with Crippen LogP contribution in [-0.2, 0) is 0 Å². The maximum atomic E-state index is 5.62. The van der Waals surface area contributed by atoms with Gasteiger partial charge >= 0.3 is 0 Å². The smallest absolute Gasteiger partial charge is 0.257 e. The Labute approximate surface area is 98.7 Å². The first-order chi connectivity index (χ1) is 7.61. The molecule has 16 heavy (non-hydrogen) atoms. The lowest BCUT2D eigenvalue weighted by Crippen LogP contribution is -2.12. The summed E-state index contributed by atoms with van der Waals surface area (Å²) in [6.07, 6.45) is 0. The molecule has 0 radical (unpaired) electrons. The highest BCUT2D eigenvalue weighted by molar-refractivity contribution is 7.15. The van der Waals surface area contributed by atoms with Gasteiger partial charge in [0.25, 0.3) is 5.89 Å². The van der Waals surface area contributed by atoms with Gasteiger partial charge in [-0.3, -0.25) is 0 Å². The van der Waals surface area contributed by atoms with Crippen molar-refractivity contribution in [3.63, 3.8) is 0 Å². The Kier molecular flexibility index (Phi) is 3.07. The lowest BCUT2D eigenvalue weighted by molar-refractivity contribution is 0.442. The SMILES string of the molecule is CNC(C)c1nnc(-c2cc(C)c(C)s2)o1. The van der Waals surface area contributed by atoms with E-state index < -0.39 is 0 Å². The van der Waals surface area contributed by atoms with E-state index in [1.165, 1.54) is 10.4 Å². The van der Waals surface area contributed by atoms with E-state index in [9.17, 15) is 0 Å². The first kappa shape index (κ1) is 11.3. The Hall–Kier alpha value is -1.20. The van der Waals surface area contributed by atoms with Crippen molar-refractivity contribution in [3.05, 3.63) is 22.4 Å². The number of hydrogen-bond donors (Lipinski definition) is 1. The van der Waals surface area contributed by atoms with Crippen molar-refractivity contribution in [3.8, 4) is 10.8 Å². The van der Waals surface area contributed by atoms with Crippen LogP contribution in [0.4, 0.5) is 0 Å². The number of hydrogen-bond acceptors (Lipinski definition) is 5. The van der Waals surface area contributed by atoms with Gasteiger partial charge in [0.2, 0.25) is 5.89 Å². The number of aromatic nitrogens is 2. The lowest BCUT2D eigenvalue weighted by Gasteiger charge is -2.01. The van der Waals surface area contributed by atoms with Crippen molar-refractivity contribution in [2.45, 2.75) is 26.8 Å². The summed E-state index contributed by atoms with van der Waals surface area (Å²) in [5.41, 5.74) is 1.27. The molecule has 86 valence electrons. The van der Waals surface area contributed by atoms with Crippen LogP contribution < -0.4 is 5.32 Å². The van der Waals surface area contributed by atoms with Gasteiger partial charge in [0.1, 0.15) is 0 Å². The fourth-order valence-corrected chi connectivity index (χ4v) is 2.27. The van der Waals surface area contributed by atoms with E-state index in [-0.39, 0.29) is 6.04 Å². The fraction of sp³-hybridized carbons (Fsp3) is 0.455. The second-order valence-electron chi connectivity index (χ2n) is 3.81. The minimum atomic E-state index is 0.0865. The van der Waals surface area contributed by atoms with Gasteiger partial charge in [0.15, 0.2) is 0 Å². The number of nitrogens with one attached hydrogen (secondary N) is 1. The van der Waals surface area contributed by atoms with E-state index in [2.05, 4.69) is 35.4 Å². The summed E-state index contributed by atoms with van der Waals surface area (Å²) in [7, 11) is 1.87. The molecule has 2 heterocycles. The van der Waals surface area contributed by atoms with Crippen molar-refractivity contribution in [2.75, 3.05) is 7.05 Å². The van der Waals surface area contributed by atoms with E-state index >= 15 is 0 Å². The van der Waals surface area contributed by atoms with Gasteiger partial charge in [-0.2, -0.15) is 0 Å². The summed E-state index contributed by atoms with van der Waals surface area (Å²) in [6.45, 7) is 6.17. The van der Waals surface area contributed by atoms with E-state index in [1.807, 2.05) is 14.0 Å². The minimum Gasteiger partial charge on any atom is -0.418 e. The summed E-state index contributed by atoms with van der Waals surface area (Å²) in [5.74, 6) is 1.24. The zero-order valence-electron chi connectivity index (χ0n) is 9.87. The average molecular weight is 237 g/mol. The van der Waals surface area contributed by atoms with E-state index in [1.54, 1.807) is 11.3 Å². The molecule has 0 saturated carbocycles. The lowest BCUT2D eigenvalue weighted by atomic mass is 10.3. The Bertz CT molecular complexity index is 470. The largest absolute Gasteiger partial charge is 0.418 e. The molecule has 0 aromatic carbocycles. The predicted molar refractivity (Wildman–Crippen MR) is 64.6 cm³/mol. The third-order valence-electron chi connectivity index (χ3n) is 2.62. The molecule has 0 spiro atoms. The van der Waals surface area contributed by atoms with Crippen LogP contribution in [0.1, 0.15) is 29.3 Å². The van der Waals surface area contributed by atoms with Crippen molar-refractivity contribution in [1.82, 2.24) is 15.5 Å². The zero-order valence-corrected chi connectivity index (χ0v) is 10.7. The number of aryl methyl sites for hydroxylation is 2. The van der Waals surface area contributed by atoms with Crippen LogP contribution in [0.3, 0.4) is 0 Å². The molecule has 1 atom stereocenters. The molecule has 2 aromatic heterocycles. The molecule has 0 aliphatic carbocycles. The molecule has 0 amide bonds. The maximum Gasteiger partial charge on any atom is 0.257 e. The van der Waals surface area contributed by atoms with Crippen LogP contribution in [-0.4, -0.2) is 17.2 Å². The van der Waals surface area contributed by atoms with Crippen molar-refractivity contribution < 1.29 is 4.42 Å². The van der Waals surface area contributed by atoms with Crippen LogP contribution in [0.2, 0.25) is 0 Å². The molecule has 0 saturated heterocycles. The van der Waals surface area contributed by atoms with E-state index in [4.69, 9.17) is 4.42 Å². The topological polar surface area (TPSA) is 51.0 Å². The van der Waals surface area contributed by atoms with Gasteiger partial charge in [0, 0.05) is 4.88 Å². The molecule has 0 aliphatic heterocycles. The number of thiophene rings is 1. The Morgan fingerprint density at radius 1 is 1.38 bits per heavy atom. The zero-order chi connectivity index (χ0) is 11.7. The first-order valence-electron chi connectivity index (χ1n) is 5.20. The quantitative estimate of drug-likeness (QED) is 0.891. The third-order valence-corrected chi connectivity index (χ3v) is 3.76. The Balaban J connectivity index is 2.31. The van der Waals surface area contributed by atoms with Gasteiger partial charge in [0.05, 0.1) is 10.9 Å². The summed E-state index contributed by atoms with van der Waals surface area (Å²) in [4.78, 5) is 2.33. The standard InChI is InChI=1S/C11H15N3OS/c1-6-5-9(16-8(6)3)11-14-13-10(15-11)7(2)12-4/h5,7,12H,1-4H3. The molecule has 0 aliphatic rings. The van der Waals surface area contributed by atoms with Gasteiger partial charge in [-0.05, 0) is 39.4 Å². The molecule has 2 aromatic rings. The van der Waals surface area contributed by atoms with Crippen LogP contribution in [0.5, 0.6) is 0 Å². The molecule has 0 bridgehead atoms. The molecular weight excluding hydrogens is 222 g/mol. The average Bonchev–Trinajstić information content (AvgIpc) is 2.86. The molecule has 4 nitrogen and oxygen atoms in total. The summed E-state index contributed by atoms with van der Waals surface area (Å²) in [6, 6.07) is 2.17. The molecule has 0 fully saturated rings. The van der Waals surface area contributed by atoms with Gasteiger partial charge < -0.3 is 9.73 Å². The van der Waals surface area contributed by atoms with Crippen LogP contribution in [0.15, 0.2) is 10.5 Å². The molecule has 2 rings (SSSR count). The second-order valence-corrected chi connectivity index (χ2v) is 5.06. The molecule has 1 unspecified atom stereocenters. The normalized spacial score (nSPS) is 13.0. The molecule has 1 N–H and O–H groups in total. The maximum absolute atomic E-state index is 5.62. The molecular formula is C11H15N3OS. The van der Waals surface area contributed by atoms with E-state index in [0.717, 1.165) is 4.88 Å². The number of rotatable bonds is 3. The summed E-state index contributed by atoms with van der Waals surface area (Å²) in [5, 5.41) is 11.2. The first-order valence-corrected chi connectivity index (χ1v) is 6.01. The van der Waals surface area contributed by atoms with Crippen molar-refractivity contribution in [1.29, 1.82) is 0 Å². The predicted octanol–water partition coefficient (Wildman–Crippen LogP) is 2.70. The number of nitrogens with zero attached hydrogens (tertiary/aromatic N) is 2. The van der Waals surface area contributed by atoms with Crippen LogP contribution in [0.25, 0.3) is 10.8 Å². The van der Waals surface area contributed by atoms with Gasteiger partial charge in [-0.25, -0.2) is 0 Å². The van der Waals surface area contributed by atoms with Crippen molar-refractivity contribution in [2.24, 2.45) is 0 Å². The molecule has 5 heteroatoms. The highest BCUT2D eigenvalue weighted by Gasteiger charge is 2.15. The summed E-state index contributed by atoms with van der Waals surface area (Å²) >= 11 is 1.68. The summed E-state index contributed by atoms with van der Waals surface area (Å²) < 4.78 is 5.62. The third kappa shape index (κ3) is 2.01. The fourth-order valence-electron chi connectivity index (χ4n) is 1.31. The van der Waals surface area contributed by atoms with Crippen LogP contribution >= 0.6 is 11.3 Å². The van der Waals surface area contributed by atoms with Crippen LogP contribution in [0, 0.1) is 13.8 Å². The minimum absolute atomic E-state index is 0.0865. The van der Waals surface area contributed by atoms with Gasteiger partial charge in [-0.1, -0.05) is 0 Å². The Morgan fingerprint density at radius 3 is 2.69 bits per heavy atom. The van der Waals surface area contributed by atoms with E-state index in [0.29, 0.717) is 11.8 Å². The van der Waals surface area contributed by atoms with Crippen molar-refractivity contribution >= 4 is 11.3 Å². The highest BCUT2D eigenvalue weighted by Crippen LogP contribution is 2.30. The monoisotopic (exact) mass is 237 g/mol. The second kappa shape index (κ2) is 4.35. The highest BCUT2D eigenvalue weighted by atomic mass is 32.1.